The third-order valence-corrected chi connectivity index (χ3v) is 3.35. The number of nitrogen functional groups attached to an aromatic ring is 1. The van der Waals surface area contributed by atoms with Crippen LogP contribution in [0.5, 0.6) is 0 Å². The molecule has 2 heterocycles. The molecular weight excluding hydrogens is 242 g/mol. The number of likely N-dealkylation sites (tertiary alicyclic amines) is 1. The number of hydrogen-bond donors (Lipinski definition) is 2. The normalized spacial score (nSPS) is 17.6. The zero-order chi connectivity index (χ0) is 13.7. The number of aromatic nitrogens is 2. The molecule has 0 unspecified atom stereocenters. The molecule has 0 atom stereocenters. The van der Waals surface area contributed by atoms with E-state index in [0.717, 1.165) is 50.6 Å². The Hall–Kier alpha value is -1.24. The first-order valence-electron chi connectivity index (χ1n) is 6.86. The minimum absolute atomic E-state index is 0.418. The van der Waals surface area contributed by atoms with Gasteiger partial charge in [-0.1, -0.05) is 0 Å². The number of rotatable bonds is 5. The smallest absolute Gasteiger partial charge is 0.145 e. The largest absolute Gasteiger partial charge is 0.378 e. The van der Waals surface area contributed by atoms with Gasteiger partial charge in [0.15, 0.2) is 0 Å². The van der Waals surface area contributed by atoms with E-state index < -0.39 is 0 Å². The predicted molar refractivity (Wildman–Crippen MR) is 74.5 cm³/mol. The van der Waals surface area contributed by atoms with Crippen LogP contribution in [-0.4, -0.2) is 40.7 Å². The summed E-state index contributed by atoms with van der Waals surface area (Å²) in [7, 11) is 0. The van der Waals surface area contributed by atoms with Crippen molar-refractivity contribution in [3.8, 4) is 0 Å². The molecule has 1 saturated heterocycles. The Balaban J connectivity index is 1.90. The lowest BCUT2D eigenvalue weighted by Gasteiger charge is -2.31. The number of nitrogens with two attached hydrogens (primary N) is 1. The molecule has 1 aliphatic rings. The van der Waals surface area contributed by atoms with Crippen molar-refractivity contribution in [2.75, 3.05) is 25.1 Å². The summed E-state index contributed by atoms with van der Waals surface area (Å²) in [6.07, 6.45) is 2.59. The molecule has 106 valence electrons. The molecule has 0 bridgehead atoms. The summed E-state index contributed by atoms with van der Waals surface area (Å²) in [5.41, 5.74) is 3.51. The quantitative estimate of drug-likeness (QED) is 0.612. The van der Waals surface area contributed by atoms with Gasteiger partial charge in [-0.2, -0.15) is 0 Å². The van der Waals surface area contributed by atoms with Crippen LogP contribution in [0.4, 0.5) is 5.82 Å². The molecule has 1 aromatic rings. The number of nitrogens with one attached hydrogen (secondary N) is 1. The molecule has 1 fully saturated rings. The minimum Gasteiger partial charge on any atom is -0.378 e. The SMILES string of the molecule is CCOC1CCN(Cc2nc(C)cc(NN)n2)CC1. The highest BCUT2D eigenvalue weighted by Gasteiger charge is 2.20. The molecule has 6 nitrogen and oxygen atoms in total. The Morgan fingerprint density at radius 3 is 2.79 bits per heavy atom. The highest BCUT2D eigenvalue weighted by atomic mass is 16.5. The highest BCUT2D eigenvalue weighted by molar-refractivity contribution is 5.33. The van der Waals surface area contributed by atoms with Gasteiger partial charge in [0, 0.05) is 31.5 Å². The Labute approximate surface area is 114 Å². The number of ether oxygens (including phenoxy) is 1. The van der Waals surface area contributed by atoms with E-state index in [-0.39, 0.29) is 0 Å². The summed E-state index contributed by atoms with van der Waals surface area (Å²) in [6.45, 7) is 7.65. The van der Waals surface area contributed by atoms with Crippen LogP contribution < -0.4 is 11.3 Å². The Morgan fingerprint density at radius 2 is 2.16 bits per heavy atom. The fourth-order valence-electron chi connectivity index (χ4n) is 2.44. The van der Waals surface area contributed by atoms with E-state index in [1.807, 2.05) is 19.9 Å². The van der Waals surface area contributed by atoms with Crippen molar-refractivity contribution in [3.05, 3.63) is 17.6 Å². The van der Waals surface area contributed by atoms with Crippen LogP contribution in [0.15, 0.2) is 6.07 Å². The lowest BCUT2D eigenvalue weighted by Crippen LogP contribution is -2.37. The molecule has 1 aromatic heterocycles. The Kier molecular flexibility index (Phi) is 5.07. The van der Waals surface area contributed by atoms with Gasteiger partial charge < -0.3 is 10.2 Å². The van der Waals surface area contributed by atoms with Gasteiger partial charge in [0.1, 0.15) is 11.6 Å². The molecule has 0 aliphatic carbocycles. The van der Waals surface area contributed by atoms with Crippen LogP contribution in [0.1, 0.15) is 31.3 Å². The van der Waals surface area contributed by atoms with Gasteiger partial charge in [0.05, 0.1) is 12.6 Å². The molecule has 0 spiro atoms. The summed E-state index contributed by atoms with van der Waals surface area (Å²) >= 11 is 0. The van der Waals surface area contributed by atoms with Crippen LogP contribution >= 0.6 is 0 Å². The van der Waals surface area contributed by atoms with E-state index in [9.17, 15) is 0 Å². The van der Waals surface area contributed by atoms with Crippen molar-refractivity contribution >= 4 is 5.82 Å². The van der Waals surface area contributed by atoms with E-state index in [2.05, 4.69) is 20.3 Å². The third kappa shape index (κ3) is 4.12. The first-order valence-corrected chi connectivity index (χ1v) is 6.86. The fourth-order valence-corrected chi connectivity index (χ4v) is 2.44. The van der Waals surface area contributed by atoms with Gasteiger partial charge >= 0.3 is 0 Å². The van der Waals surface area contributed by atoms with Crippen molar-refractivity contribution in [1.29, 1.82) is 0 Å². The van der Waals surface area contributed by atoms with E-state index in [4.69, 9.17) is 10.6 Å². The molecule has 2 rings (SSSR count). The number of hydrogen-bond acceptors (Lipinski definition) is 6. The average molecular weight is 265 g/mol. The Morgan fingerprint density at radius 1 is 1.42 bits per heavy atom. The highest BCUT2D eigenvalue weighted by Crippen LogP contribution is 2.15. The number of nitrogens with zero attached hydrogens (tertiary/aromatic N) is 3. The molecule has 0 saturated carbocycles. The molecule has 3 N–H and O–H groups in total. The maximum atomic E-state index is 5.65. The van der Waals surface area contributed by atoms with Gasteiger partial charge in [-0.15, -0.1) is 0 Å². The van der Waals surface area contributed by atoms with Crippen LogP contribution in [0, 0.1) is 6.92 Å². The first-order chi connectivity index (χ1) is 9.21. The number of hydrazine groups is 1. The summed E-state index contributed by atoms with van der Waals surface area (Å²) < 4.78 is 5.65. The zero-order valence-electron chi connectivity index (χ0n) is 11.7. The van der Waals surface area contributed by atoms with Gasteiger partial charge in [-0.3, -0.25) is 4.90 Å². The molecule has 0 radical (unpaired) electrons. The number of anilines is 1. The maximum absolute atomic E-state index is 5.65. The van der Waals surface area contributed by atoms with Crippen molar-refractivity contribution < 1.29 is 4.74 Å². The second-order valence-electron chi connectivity index (χ2n) is 4.89. The lowest BCUT2D eigenvalue weighted by molar-refractivity contribution is 0.0120. The summed E-state index contributed by atoms with van der Waals surface area (Å²) in [6, 6.07) is 1.84. The molecule has 0 aromatic carbocycles. The van der Waals surface area contributed by atoms with E-state index >= 15 is 0 Å². The topological polar surface area (TPSA) is 76.3 Å². The number of aryl methyl sites for hydroxylation is 1. The monoisotopic (exact) mass is 265 g/mol. The third-order valence-electron chi connectivity index (χ3n) is 3.35. The van der Waals surface area contributed by atoms with E-state index in [1.165, 1.54) is 0 Å². The van der Waals surface area contributed by atoms with Gasteiger partial charge in [0.2, 0.25) is 0 Å². The van der Waals surface area contributed by atoms with Crippen molar-refractivity contribution in [1.82, 2.24) is 14.9 Å². The molecule has 6 heteroatoms. The fraction of sp³-hybridized carbons (Fsp3) is 0.692. The second kappa shape index (κ2) is 6.79. The molecular formula is C13H23N5O. The first kappa shape index (κ1) is 14.2. The van der Waals surface area contributed by atoms with Crippen molar-refractivity contribution in [2.24, 2.45) is 5.84 Å². The molecule has 1 aliphatic heterocycles. The average Bonchev–Trinajstić information content (AvgIpc) is 2.40. The van der Waals surface area contributed by atoms with E-state index in [1.54, 1.807) is 0 Å². The Bertz CT molecular complexity index is 404. The van der Waals surface area contributed by atoms with Crippen molar-refractivity contribution in [2.45, 2.75) is 39.3 Å². The van der Waals surface area contributed by atoms with E-state index in [0.29, 0.717) is 11.9 Å². The summed E-state index contributed by atoms with van der Waals surface area (Å²) in [5.74, 6) is 6.90. The lowest BCUT2D eigenvalue weighted by atomic mass is 10.1. The van der Waals surface area contributed by atoms with Gasteiger partial charge in [-0.05, 0) is 26.7 Å². The van der Waals surface area contributed by atoms with Crippen LogP contribution in [0.3, 0.4) is 0 Å². The molecule has 0 amide bonds. The van der Waals surface area contributed by atoms with Crippen LogP contribution in [-0.2, 0) is 11.3 Å². The summed E-state index contributed by atoms with van der Waals surface area (Å²) in [4.78, 5) is 11.2. The van der Waals surface area contributed by atoms with Crippen LogP contribution in [0.2, 0.25) is 0 Å². The second-order valence-corrected chi connectivity index (χ2v) is 4.89. The maximum Gasteiger partial charge on any atom is 0.145 e. The standard InChI is InChI=1S/C13H23N5O/c1-3-19-11-4-6-18(7-5-11)9-13-15-10(2)8-12(16-13)17-14/h8,11H,3-7,9,14H2,1-2H3,(H,15,16,17). The predicted octanol–water partition coefficient (Wildman–Crippen LogP) is 1.07. The minimum atomic E-state index is 0.418. The van der Waals surface area contributed by atoms with Crippen molar-refractivity contribution in [3.63, 3.8) is 0 Å². The number of piperidine rings is 1. The molecule has 19 heavy (non-hydrogen) atoms. The summed E-state index contributed by atoms with van der Waals surface area (Å²) in [5, 5.41) is 0. The van der Waals surface area contributed by atoms with Crippen LogP contribution in [0.25, 0.3) is 0 Å². The van der Waals surface area contributed by atoms with Gasteiger partial charge in [-0.25, -0.2) is 15.8 Å². The zero-order valence-corrected chi connectivity index (χ0v) is 11.7. The van der Waals surface area contributed by atoms with Gasteiger partial charge in [0.25, 0.3) is 0 Å².